The zero-order valence-corrected chi connectivity index (χ0v) is 16.1. The second-order valence-corrected chi connectivity index (χ2v) is 6.71. The molecule has 8 nitrogen and oxygen atoms in total. The van der Waals surface area contributed by atoms with Crippen LogP contribution in [-0.2, 0) is 11.3 Å². The van der Waals surface area contributed by atoms with Crippen molar-refractivity contribution in [2.24, 2.45) is 11.7 Å². The lowest BCUT2D eigenvalue weighted by Crippen LogP contribution is -2.41. The van der Waals surface area contributed by atoms with Crippen molar-refractivity contribution in [2.45, 2.75) is 25.8 Å². The van der Waals surface area contributed by atoms with Gasteiger partial charge in [-0.25, -0.2) is 4.98 Å². The number of rotatable bonds is 5. The molecule has 2 aromatic rings. The number of carboxylic acids is 1. The Hall–Kier alpha value is -2.71. The van der Waals surface area contributed by atoms with Crippen LogP contribution < -0.4 is 11.3 Å². The van der Waals surface area contributed by atoms with E-state index in [4.69, 9.17) is 10.8 Å². The first kappa shape index (κ1) is 21.6. The first-order valence-electron chi connectivity index (χ1n) is 8.87. The van der Waals surface area contributed by atoms with Crippen LogP contribution in [0.25, 0.3) is 11.4 Å². The number of carbonyl (C=O) groups is 2. The van der Waals surface area contributed by atoms with Gasteiger partial charge in [0, 0.05) is 37.8 Å². The van der Waals surface area contributed by atoms with Crippen LogP contribution in [0.2, 0.25) is 0 Å². The molecule has 28 heavy (non-hydrogen) atoms. The first-order valence-corrected chi connectivity index (χ1v) is 8.87. The summed E-state index contributed by atoms with van der Waals surface area (Å²) in [5.74, 6) is -0.736. The topological polar surface area (TPSA) is 129 Å². The maximum Gasteiger partial charge on any atom is 0.303 e. The van der Waals surface area contributed by atoms with Crippen LogP contribution in [0.1, 0.15) is 35.2 Å². The van der Waals surface area contributed by atoms with Gasteiger partial charge in [0.1, 0.15) is 11.4 Å². The highest BCUT2D eigenvalue weighted by molar-refractivity contribution is 5.93. The van der Waals surface area contributed by atoms with E-state index in [1.54, 1.807) is 4.90 Å². The van der Waals surface area contributed by atoms with E-state index in [0.29, 0.717) is 38.3 Å². The molecule has 9 heteroatoms. The van der Waals surface area contributed by atoms with Gasteiger partial charge in [0.15, 0.2) is 0 Å². The maximum atomic E-state index is 12.6. The van der Waals surface area contributed by atoms with Crippen molar-refractivity contribution in [2.75, 3.05) is 13.1 Å². The number of aliphatic carboxylic acids is 1. The molecular formula is C19H23ClN4O4. The number of carbonyl (C=O) groups excluding carboxylic acids is 1. The zero-order valence-electron chi connectivity index (χ0n) is 15.3. The van der Waals surface area contributed by atoms with Gasteiger partial charge < -0.3 is 20.7 Å². The molecule has 0 atom stereocenters. The molecule has 0 aliphatic carbocycles. The summed E-state index contributed by atoms with van der Waals surface area (Å²) in [6.45, 7) is 1.32. The van der Waals surface area contributed by atoms with E-state index in [1.807, 2.05) is 24.3 Å². The average molecular weight is 407 g/mol. The van der Waals surface area contributed by atoms with Crippen molar-refractivity contribution in [3.63, 3.8) is 0 Å². The minimum Gasteiger partial charge on any atom is -0.481 e. The van der Waals surface area contributed by atoms with Gasteiger partial charge in [-0.3, -0.25) is 14.4 Å². The number of nitrogens with two attached hydrogens (primary N) is 1. The number of H-pyrrole nitrogens is 1. The quantitative estimate of drug-likeness (QED) is 0.692. The number of aromatic nitrogens is 2. The molecule has 3 rings (SSSR count). The Morgan fingerprint density at radius 3 is 2.39 bits per heavy atom. The zero-order chi connectivity index (χ0) is 19.4. The van der Waals surface area contributed by atoms with Crippen LogP contribution >= 0.6 is 12.4 Å². The Kier molecular flexibility index (Phi) is 7.31. The molecule has 0 radical (unpaired) electrons. The summed E-state index contributed by atoms with van der Waals surface area (Å²) in [6, 6.07) is 7.34. The smallest absolute Gasteiger partial charge is 0.303 e. The maximum absolute atomic E-state index is 12.6. The van der Waals surface area contributed by atoms with Gasteiger partial charge in [-0.2, -0.15) is 0 Å². The Morgan fingerprint density at radius 2 is 1.86 bits per heavy atom. The summed E-state index contributed by atoms with van der Waals surface area (Å²) in [4.78, 5) is 44.3. The SMILES string of the molecule is Cl.NCc1ccc(-c2ncc(C(=O)N3CCC(CC(=O)O)CC3)c(=O)[nH]2)cc1. The molecule has 0 bridgehead atoms. The lowest BCUT2D eigenvalue weighted by atomic mass is 9.93. The molecule has 1 amide bonds. The summed E-state index contributed by atoms with van der Waals surface area (Å²) >= 11 is 0. The molecule has 0 unspecified atom stereocenters. The number of carboxylic acid groups (broad SMARTS) is 1. The molecule has 0 saturated carbocycles. The second kappa shape index (κ2) is 9.48. The predicted octanol–water partition coefficient (Wildman–Crippen LogP) is 1.64. The number of nitrogens with one attached hydrogen (secondary N) is 1. The number of nitrogens with zero attached hydrogens (tertiary/aromatic N) is 2. The number of hydrogen-bond acceptors (Lipinski definition) is 5. The molecule has 4 N–H and O–H groups in total. The Bertz CT molecular complexity index is 890. The van der Waals surface area contributed by atoms with E-state index in [2.05, 4.69) is 9.97 Å². The number of halogens is 1. The minimum absolute atomic E-state index is 0. The number of hydrogen-bond donors (Lipinski definition) is 3. The minimum atomic E-state index is -0.824. The van der Waals surface area contributed by atoms with Crippen molar-refractivity contribution < 1.29 is 14.7 Å². The van der Waals surface area contributed by atoms with E-state index in [1.165, 1.54) is 6.20 Å². The van der Waals surface area contributed by atoms with Crippen LogP contribution in [0.15, 0.2) is 35.3 Å². The Labute approximate surface area is 168 Å². The highest BCUT2D eigenvalue weighted by atomic mass is 35.5. The molecule has 2 heterocycles. The molecular weight excluding hydrogens is 384 g/mol. The highest BCUT2D eigenvalue weighted by Crippen LogP contribution is 2.21. The fourth-order valence-corrected chi connectivity index (χ4v) is 3.25. The van der Waals surface area contributed by atoms with Gasteiger partial charge in [-0.1, -0.05) is 24.3 Å². The lowest BCUT2D eigenvalue weighted by molar-refractivity contribution is -0.138. The summed E-state index contributed by atoms with van der Waals surface area (Å²) in [6.07, 6.45) is 2.66. The number of benzene rings is 1. The summed E-state index contributed by atoms with van der Waals surface area (Å²) in [5.41, 5.74) is 6.79. The number of amides is 1. The number of likely N-dealkylation sites (tertiary alicyclic amines) is 1. The highest BCUT2D eigenvalue weighted by Gasteiger charge is 2.26. The lowest BCUT2D eigenvalue weighted by Gasteiger charge is -2.31. The summed E-state index contributed by atoms with van der Waals surface area (Å²) in [7, 11) is 0. The van der Waals surface area contributed by atoms with Gasteiger partial charge in [0.2, 0.25) is 0 Å². The second-order valence-electron chi connectivity index (χ2n) is 6.71. The standard InChI is InChI=1S/C19H22N4O4.ClH/c20-10-13-1-3-14(4-2-13)17-21-11-15(18(26)22-17)19(27)23-7-5-12(6-8-23)9-16(24)25;/h1-4,11-12H,5-10,20H2,(H,24,25)(H,21,22,26);1H. The van der Waals surface area contributed by atoms with Crippen LogP contribution in [0.4, 0.5) is 0 Å². The third-order valence-electron chi connectivity index (χ3n) is 4.86. The van der Waals surface area contributed by atoms with Crippen LogP contribution in [-0.4, -0.2) is 44.9 Å². The fraction of sp³-hybridized carbons (Fsp3) is 0.368. The van der Waals surface area contributed by atoms with Gasteiger partial charge in [0.25, 0.3) is 11.5 Å². The number of aromatic amines is 1. The molecule has 1 aromatic heterocycles. The van der Waals surface area contributed by atoms with Crippen molar-refractivity contribution in [3.05, 3.63) is 51.9 Å². The van der Waals surface area contributed by atoms with Gasteiger partial charge in [-0.15, -0.1) is 12.4 Å². The third-order valence-corrected chi connectivity index (χ3v) is 4.86. The van der Waals surface area contributed by atoms with Gasteiger partial charge >= 0.3 is 5.97 Å². The van der Waals surface area contributed by atoms with Crippen molar-refractivity contribution in [1.29, 1.82) is 0 Å². The van der Waals surface area contributed by atoms with Crippen LogP contribution in [0, 0.1) is 5.92 Å². The Balaban J connectivity index is 0.00000280. The predicted molar refractivity (Wildman–Crippen MR) is 106 cm³/mol. The summed E-state index contributed by atoms with van der Waals surface area (Å²) < 4.78 is 0. The van der Waals surface area contributed by atoms with Crippen molar-refractivity contribution in [1.82, 2.24) is 14.9 Å². The van der Waals surface area contributed by atoms with E-state index in [-0.39, 0.29) is 36.2 Å². The molecule has 0 spiro atoms. The van der Waals surface area contributed by atoms with E-state index >= 15 is 0 Å². The molecule has 1 saturated heterocycles. The van der Waals surface area contributed by atoms with Crippen LogP contribution in [0.3, 0.4) is 0 Å². The van der Waals surface area contributed by atoms with E-state index < -0.39 is 11.5 Å². The van der Waals surface area contributed by atoms with Gasteiger partial charge in [0.05, 0.1) is 0 Å². The molecule has 1 fully saturated rings. The first-order chi connectivity index (χ1) is 13.0. The third kappa shape index (κ3) is 4.96. The van der Waals surface area contributed by atoms with Crippen LogP contribution in [0.5, 0.6) is 0 Å². The van der Waals surface area contributed by atoms with E-state index in [0.717, 1.165) is 11.1 Å². The Morgan fingerprint density at radius 1 is 1.21 bits per heavy atom. The number of piperidine rings is 1. The fourth-order valence-electron chi connectivity index (χ4n) is 3.25. The summed E-state index contributed by atoms with van der Waals surface area (Å²) in [5, 5.41) is 8.86. The monoisotopic (exact) mass is 406 g/mol. The molecule has 150 valence electrons. The van der Waals surface area contributed by atoms with Crippen molar-refractivity contribution >= 4 is 24.3 Å². The molecule has 1 aliphatic rings. The van der Waals surface area contributed by atoms with Crippen molar-refractivity contribution in [3.8, 4) is 11.4 Å². The molecule has 1 aromatic carbocycles. The van der Waals surface area contributed by atoms with Gasteiger partial charge in [-0.05, 0) is 24.3 Å². The molecule has 1 aliphatic heterocycles. The normalized spacial score (nSPS) is 14.4. The largest absolute Gasteiger partial charge is 0.481 e. The van der Waals surface area contributed by atoms with E-state index in [9.17, 15) is 14.4 Å². The average Bonchev–Trinajstić information content (AvgIpc) is 2.67.